The van der Waals surface area contributed by atoms with Crippen LogP contribution >= 0.6 is 0 Å². The van der Waals surface area contributed by atoms with Gasteiger partial charge in [0.25, 0.3) is 0 Å². The van der Waals surface area contributed by atoms with Crippen molar-refractivity contribution in [2.75, 3.05) is 5.32 Å². The number of carbonyl (C=O) groups is 1. The first kappa shape index (κ1) is 16.4. The SMILES string of the molecule is CC(C)c1nccn1-c1ccc(NC(=O)C[C@H]2C[C@H]3CC[C@H]2C3)cc1. The van der Waals surface area contributed by atoms with Gasteiger partial charge in [-0.05, 0) is 61.3 Å². The highest BCUT2D eigenvalue weighted by Crippen LogP contribution is 2.49. The van der Waals surface area contributed by atoms with Crippen LogP contribution in [0.25, 0.3) is 5.69 Å². The number of amides is 1. The summed E-state index contributed by atoms with van der Waals surface area (Å²) < 4.78 is 2.10. The molecule has 0 radical (unpaired) electrons. The second kappa shape index (κ2) is 6.66. The number of rotatable bonds is 5. The number of fused-ring (bicyclic) bond motifs is 2. The Kier molecular flexibility index (Phi) is 4.36. The molecule has 0 unspecified atom stereocenters. The van der Waals surface area contributed by atoms with Crippen molar-refractivity contribution >= 4 is 11.6 Å². The Balaban J connectivity index is 1.39. The Morgan fingerprint density at radius 3 is 2.68 bits per heavy atom. The molecular weight excluding hydrogens is 310 g/mol. The smallest absolute Gasteiger partial charge is 0.224 e. The minimum Gasteiger partial charge on any atom is -0.326 e. The lowest BCUT2D eigenvalue weighted by molar-refractivity contribution is -0.117. The van der Waals surface area contributed by atoms with Crippen molar-refractivity contribution in [1.82, 2.24) is 9.55 Å². The van der Waals surface area contributed by atoms with E-state index in [4.69, 9.17) is 0 Å². The van der Waals surface area contributed by atoms with Crippen molar-refractivity contribution in [3.05, 3.63) is 42.5 Å². The van der Waals surface area contributed by atoms with E-state index < -0.39 is 0 Å². The van der Waals surface area contributed by atoms with Gasteiger partial charge in [0.1, 0.15) is 5.82 Å². The monoisotopic (exact) mass is 337 g/mol. The van der Waals surface area contributed by atoms with Crippen LogP contribution in [0.5, 0.6) is 0 Å². The molecule has 1 amide bonds. The molecular formula is C21H27N3O. The first-order valence-electron chi connectivity index (χ1n) is 9.53. The van der Waals surface area contributed by atoms with Crippen molar-refractivity contribution in [1.29, 1.82) is 0 Å². The maximum Gasteiger partial charge on any atom is 0.224 e. The van der Waals surface area contributed by atoms with E-state index in [1.807, 2.05) is 36.7 Å². The largest absolute Gasteiger partial charge is 0.326 e. The second-order valence-corrected chi connectivity index (χ2v) is 8.04. The van der Waals surface area contributed by atoms with Gasteiger partial charge in [-0.1, -0.05) is 20.3 Å². The normalized spacial score (nSPS) is 24.8. The number of imidazole rings is 1. The maximum atomic E-state index is 12.4. The number of anilines is 1. The summed E-state index contributed by atoms with van der Waals surface area (Å²) in [6.45, 7) is 4.28. The van der Waals surface area contributed by atoms with Crippen LogP contribution < -0.4 is 5.32 Å². The molecule has 132 valence electrons. The zero-order valence-corrected chi connectivity index (χ0v) is 15.1. The Bertz CT molecular complexity index is 747. The molecule has 1 N–H and O–H groups in total. The summed E-state index contributed by atoms with van der Waals surface area (Å²) in [4.78, 5) is 16.8. The lowest BCUT2D eigenvalue weighted by Crippen LogP contribution is -2.20. The molecule has 2 saturated carbocycles. The van der Waals surface area contributed by atoms with E-state index in [0.717, 1.165) is 29.0 Å². The number of nitrogens with one attached hydrogen (secondary N) is 1. The molecule has 4 heteroatoms. The molecule has 2 aromatic rings. The molecule has 0 spiro atoms. The van der Waals surface area contributed by atoms with Gasteiger partial charge >= 0.3 is 0 Å². The summed E-state index contributed by atoms with van der Waals surface area (Å²) in [5.41, 5.74) is 1.95. The molecule has 2 bridgehead atoms. The van der Waals surface area contributed by atoms with E-state index in [1.54, 1.807) is 0 Å². The highest BCUT2D eigenvalue weighted by Gasteiger charge is 2.40. The fourth-order valence-electron chi connectivity index (χ4n) is 4.74. The van der Waals surface area contributed by atoms with Gasteiger partial charge < -0.3 is 9.88 Å². The lowest BCUT2D eigenvalue weighted by atomic mass is 9.86. The quantitative estimate of drug-likeness (QED) is 0.855. The van der Waals surface area contributed by atoms with Crippen LogP contribution in [0.15, 0.2) is 36.7 Å². The average Bonchev–Trinajstić information content (AvgIpc) is 3.31. The van der Waals surface area contributed by atoms with Gasteiger partial charge in [-0.25, -0.2) is 4.98 Å². The van der Waals surface area contributed by atoms with Crippen LogP contribution in [-0.4, -0.2) is 15.5 Å². The van der Waals surface area contributed by atoms with Crippen LogP contribution in [0, 0.1) is 17.8 Å². The van der Waals surface area contributed by atoms with Crippen molar-refractivity contribution in [3.63, 3.8) is 0 Å². The van der Waals surface area contributed by atoms with E-state index in [-0.39, 0.29) is 5.91 Å². The van der Waals surface area contributed by atoms with Gasteiger partial charge in [-0.15, -0.1) is 0 Å². The summed E-state index contributed by atoms with van der Waals surface area (Å²) >= 11 is 0. The van der Waals surface area contributed by atoms with Crippen LogP contribution in [0.1, 0.15) is 57.7 Å². The van der Waals surface area contributed by atoms with Crippen molar-refractivity contribution in [3.8, 4) is 5.69 Å². The first-order chi connectivity index (χ1) is 12.1. The highest BCUT2D eigenvalue weighted by atomic mass is 16.1. The lowest BCUT2D eigenvalue weighted by Gasteiger charge is -2.21. The fourth-order valence-corrected chi connectivity index (χ4v) is 4.74. The number of hydrogen-bond acceptors (Lipinski definition) is 2. The van der Waals surface area contributed by atoms with Crippen molar-refractivity contribution in [2.24, 2.45) is 17.8 Å². The zero-order chi connectivity index (χ0) is 17.4. The number of nitrogens with zero attached hydrogens (tertiary/aromatic N) is 2. The average molecular weight is 337 g/mol. The van der Waals surface area contributed by atoms with E-state index in [0.29, 0.717) is 18.3 Å². The van der Waals surface area contributed by atoms with Crippen molar-refractivity contribution < 1.29 is 4.79 Å². The van der Waals surface area contributed by atoms with Crippen LogP contribution in [0.2, 0.25) is 0 Å². The molecule has 1 aromatic carbocycles. The summed E-state index contributed by atoms with van der Waals surface area (Å²) in [5, 5.41) is 3.07. The third-order valence-corrected chi connectivity index (χ3v) is 5.95. The predicted octanol–water partition coefficient (Wildman–Crippen LogP) is 4.76. The minimum absolute atomic E-state index is 0.163. The molecule has 0 aliphatic heterocycles. The molecule has 4 nitrogen and oxygen atoms in total. The Labute approximate surface area is 149 Å². The van der Waals surface area contributed by atoms with Gasteiger partial charge in [0.2, 0.25) is 5.91 Å². The number of benzene rings is 1. The standard InChI is InChI=1S/C21H27N3O/c1-14(2)21-22-9-10-24(21)19-7-5-18(6-8-19)23-20(25)13-17-12-15-3-4-16(17)11-15/h5-10,14-17H,3-4,11-13H2,1-2H3,(H,23,25)/t15-,16-,17+/m0/s1. The molecule has 0 saturated heterocycles. The summed E-state index contributed by atoms with van der Waals surface area (Å²) in [7, 11) is 0. The predicted molar refractivity (Wildman–Crippen MR) is 99.8 cm³/mol. The number of carbonyl (C=O) groups excluding carboxylic acids is 1. The van der Waals surface area contributed by atoms with E-state index in [1.165, 1.54) is 25.7 Å². The Morgan fingerprint density at radius 2 is 2.04 bits per heavy atom. The molecule has 25 heavy (non-hydrogen) atoms. The molecule has 3 atom stereocenters. The third kappa shape index (κ3) is 3.35. The highest BCUT2D eigenvalue weighted by molar-refractivity contribution is 5.91. The molecule has 4 rings (SSSR count). The van der Waals surface area contributed by atoms with Gasteiger partial charge in [0.15, 0.2) is 0 Å². The van der Waals surface area contributed by atoms with Gasteiger partial charge in [0.05, 0.1) is 0 Å². The molecule has 1 aromatic heterocycles. The zero-order valence-electron chi connectivity index (χ0n) is 15.1. The van der Waals surface area contributed by atoms with E-state index in [9.17, 15) is 4.79 Å². The minimum atomic E-state index is 0.163. The van der Waals surface area contributed by atoms with Crippen LogP contribution in [-0.2, 0) is 4.79 Å². The van der Waals surface area contributed by atoms with E-state index >= 15 is 0 Å². The molecule has 1 heterocycles. The summed E-state index contributed by atoms with van der Waals surface area (Å²) in [6, 6.07) is 8.05. The van der Waals surface area contributed by atoms with Crippen molar-refractivity contribution in [2.45, 2.75) is 51.9 Å². The molecule has 2 aliphatic rings. The summed E-state index contributed by atoms with van der Waals surface area (Å²) in [5.74, 6) is 3.89. The van der Waals surface area contributed by atoms with E-state index in [2.05, 4.69) is 28.7 Å². The number of hydrogen-bond donors (Lipinski definition) is 1. The third-order valence-electron chi connectivity index (χ3n) is 5.95. The van der Waals surface area contributed by atoms with Crippen LogP contribution in [0.3, 0.4) is 0 Å². The topological polar surface area (TPSA) is 46.9 Å². The van der Waals surface area contributed by atoms with Gasteiger partial charge in [-0.3, -0.25) is 4.79 Å². The van der Waals surface area contributed by atoms with Crippen LogP contribution in [0.4, 0.5) is 5.69 Å². The molecule has 2 fully saturated rings. The fraction of sp³-hybridized carbons (Fsp3) is 0.524. The maximum absolute atomic E-state index is 12.4. The van der Waals surface area contributed by atoms with Gasteiger partial charge in [0, 0.05) is 36.1 Å². The Hall–Kier alpha value is -2.10. The Morgan fingerprint density at radius 1 is 1.24 bits per heavy atom. The summed E-state index contributed by atoms with van der Waals surface area (Å²) in [6.07, 6.45) is 9.84. The molecule has 2 aliphatic carbocycles. The van der Waals surface area contributed by atoms with Gasteiger partial charge in [-0.2, -0.15) is 0 Å². The second-order valence-electron chi connectivity index (χ2n) is 8.04. The number of aromatic nitrogens is 2. The first-order valence-corrected chi connectivity index (χ1v) is 9.53.